The monoisotopic (exact) mass is 325 g/mol. The molecule has 0 bridgehead atoms. The number of methoxy groups -OCH3 is 1. The van der Waals surface area contributed by atoms with Gasteiger partial charge in [0, 0.05) is 6.04 Å². The average molecular weight is 325 g/mol. The van der Waals surface area contributed by atoms with Gasteiger partial charge >= 0.3 is 5.97 Å². The van der Waals surface area contributed by atoms with Crippen LogP contribution < -0.4 is 10.1 Å². The highest BCUT2D eigenvalue weighted by Crippen LogP contribution is 2.26. The third-order valence-electron chi connectivity index (χ3n) is 4.66. The van der Waals surface area contributed by atoms with Crippen LogP contribution in [0.3, 0.4) is 0 Å². The van der Waals surface area contributed by atoms with E-state index >= 15 is 0 Å². The third-order valence-corrected chi connectivity index (χ3v) is 4.66. The fourth-order valence-corrected chi connectivity index (χ4v) is 3.35. The Morgan fingerprint density at radius 1 is 1.25 bits per heavy atom. The van der Waals surface area contributed by atoms with Gasteiger partial charge in [-0.05, 0) is 54.5 Å². The predicted octanol–water partition coefficient (Wildman–Crippen LogP) is 2.84. The molecular formula is C20H23NO3. The van der Waals surface area contributed by atoms with Crippen LogP contribution in [0.25, 0.3) is 0 Å². The van der Waals surface area contributed by atoms with Gasteiger partial charge in [0.25, 0.3) is 0 Å². The quantitative estimate of drug-likeness (QED) is 0.857. The molecule has 0 spiro atoms. The molecule has 0 heterocycles. The van der Waals surface area contributed by atoms with Gasteiger partial charge in [0.05, 0.1) is 7.11 Å². The van der Waals surface area contributed by atoms with Gasteiger partial charge in [-0.2, -0.15) is 0 Å². The van der Waals surface area contributed by atoms with Crippen LogP contribution in [-0.4, -0.2) is 30.3 Å². The Hall–Kier alpha value is -2.33. The summed E-state index contributed by atoms with van der Waals surface area (Å²) in [5.74, 6) is 0.0590. The van der Waals surface area contributed by atoms with Crippen molar-refractivity contribution in [3.05, 3.63) is 65.2 Å². The number of fused-ring (bicyclic) bond motifs is 1. The van der Waals surface area contributed by atoms with Crippen LogP contribution >= 0.6 is 0 Å². The van der Waals surface area contributed by atoms with Crippen molar-refractivity contribution in [2.45, 2.75) is 37.8 Å². The summed E-state index contributed by atoms with van der Waals surface area (Å²) < 4.78 is 5.30. The maximum Gasteiger partial charge on any atom is 0.321 e. The van der Waals surface area contributed by atoms with Gasteiger partial charge in [-0.3, -0.25) is 4.79 Å². The largest absolute Gasteiger partial charge is 0.497 e. The van der Waals surface area contributed by atoms with Crippen molar-refractivity contribution in [2.75, 3.05) is 7.11 Å². The first-order chi connectivity index (χ1) is 11.7. The molecule has 1 aliphatic rings. The van der Waals surface area contributed by atoms with Crippen LogP contribution in [0.2, 0.25) is 0 Å². The van der Waals surface area contributed by atoms with Gasteiger partial charge in [-0.1, -0.05) is 36.4 Å². The van der Waals surface area contributed by atoms with E-state index in [1.807, 2.05) is 36.4 Å². The number of aryl methyl sites for hydroxylation is 1. The number of rotatable bonds is 6. The van der Waals surface area contributed by atoms with Crippen molar-refractivity contribution in [1.29, 1.82) is 0 Å². The SMILES string of the molecule is COc1ccc2c(c1)CC(N[C@@H](Cc1ccccc1)C(=O)O)CC2. The van der Waals surface area contributed by atoms with Crippen molar-refractivity contribution in [3.63, 3.8) is 0 Å². The lowest BCUT2D eigenvalue weighted by Crippen LogP contribution is -2.46. The van der Waals surface area contributed by atoms with Gasteiger partial charge in [0.15, 0.2) is 0 Å². The van der Waals surface area contributed by atoms with E-state index in [1.54, 1.807) is 7.11 Å². The molecular weight excluding hydrogens is 302 g/mol. The van der Waals surface area contributed by atoms with Gasteiger partial charge in [-0.15, -0.1) is 0 Å². The molecule has 2 N–H and O–H groups in total. The molecule has 4 nitrogen and oxygen atoms in total. The van der Waals surface area contributed by atoms with Gasteiger partial charge in [0.2, 0.25) is 0 Å². The summed E-state index contributed by atoms with van der Waals surface area (Å²) in [5, 5.41) is 12.9. The van der Waals surface area contributed by atoms with E-state index in [0.29, 0.717) is 6.42 Å². The van der Waals surface area contributed by atoms with E-state index in [9.17, 15) is 9.90 Å². The first kappa shape index (κ1) is 16.5. The Bertz CT molecular complexity index is 699. The number of carbonyl (C=O) groups is 1. The lowest BCUT2D eigenvalue weighted by atomic mass is 9.87. The first-order valence-electron chi connectivity index (χ1n) is 8.34. The molecule has 2 aromatic rings. The zero-order valence-corrected chi connectivity index (χ0v) is 13.9. The van der Waals surface area contributed by atoms with Gasteiger partial charge in [-0.25, -0.2) is 0 Å². The van der Waals surface area contributed by atoms with Crippen molar-refractivity contribution >= 4 is 5.97 Å². The maximum atomic E-state index is 11.6. The molecule has 3 rings (SSSR count). The molecule has 0 aromatic heterocycles. The number of ether oxygens (including phenoxy) is 1. The van der Waals surface area contributed by atoms with Crippen LogP contribution in [0.4, 0.5) is 0 Å². The fourth-order valence-electron chi connectivity index (χ4n) is 3.35. The Morgan fingerprint density at radius 3 is 2.75 bits per heavy atom. The summed E-state index contributed by atoms with van der Waals surface area (Å²) in [5.41, 5.74) is 3.63. The lowest BCUT2D eigenvalue weighted by Gasteiger charge is -2.28. The number of carboxylic acid groups (broad SMARTS) is 1. The van der Waals surface area contributed by atoms with E-state index in [1.165, 1.54) is 11.1 Å². The average Bonchev–Trinajstić information content (AvgIpc) is 2.61. The second kappa shape index (κ2) is 7.49. The number of benzene rings is 2. The third kappa shape index (κ3) is 3.95. The first-order valence-corrected chi connectivity index (χ1v) is 8.34. The van der Waals surface area contributed by atoms with Gasteiger partial charge < -0.3 is 15.2 Å². The zero-order chi connectivity index (χ0) is 16.9. The second-order valence-corrected chi connectivity index (χ2v) is 6.32. The summed E-state index contributed by atoms with van der Waals surface area (Å²) >= 11 is 0. The van der Waals surface area contributed by atoms with E-state index in [-0.39, 0.29) is 6.04 Å². The number of hydrogen-bond acceptors (Lipinski definition) is 3. The topological polar surface area (TPSA) is 58.6 Å². The summed E-state index contributed by atoms with van der Waals surface area (Å²) in [6.45, 7) is 0. The molecule has 0 fully saturated rings. The van der Waals surface area contributed by atoms with E-state index < -0.39 is 12.0 Å². The fraction of sp³-hybridized carbons (Fsp3) is 0.350. The number of aliphatic carboxylic acids is 1. The number of carboxylic acids is 1. The van der Waals surface area contributed by atoms with Gasteiger partial charge in [0.1, 0.15) is 11.8 Å². The molecule has 1 aliphatic carbocycles. The molecule has 2 aromatic carbocycles. The molecule has 24 heavy (non-hydrogen) atoms. The zero-order valence-electron chi connectivity index (χ0n) is 13.9. The maximum absolute atomic E-state index is 11.6. The highest BCUT2D eigenvalue weighted by atomic mass is 16.5. The molecule has 126 valence electrons. The summed E-state index contributed by atoms with van der Waals surface area (Å²) in [7, 11) is 1.67. The van der Waals surface area contributed by atoms with E-state index in [0.717, 1.165) is 30.6 Å². The van der Waals surface area contributed by atoms with Crippen molar-refractivity contribution < 1.29 is 14.6 Å². The Balaban J connectivity index is 1.68. The number of hydrogen-bond donors (Lipinski definition) is 2. The van der Waals surface area contributed by atoms with Crippen LogP contribution in [0.15, 0.2) is 48.5 Å². The highest BCUT2D eigenvalue weighted by Gasteiger charge is 2.25. The molecule has 0 saturated carbocycles. The summed E-state index contributed by atoms with van der Waals surface area (Å²) in [4.78, 5) is 11.6. The Kier molecular flexibility index (Phi) is 5.16. The summed E-state index contributed by atoms with van der Waals surface area (Å²) in [6, 6.07) is 15.5. The van der Waals surface area contributed by atoms with Crippen molar-refractivity contribution in [1.82, 2.24) is 5.32 Å². The second-order valence-electron chi connectivity index (χ2n) is 6.32. The predicted molar refractivity (Wildman–Crippen MR) is 93.5 cm³/mol. The molecule has 0 saturated heterocycles. The lowest BCUT2D eigenvalue weighted by molar-refractivity contribution is -0.139. The minimum absolute atomic E-state index is 0.175. The van der Waals surface area contributed by atoms with Crippen LogP contribution in [0, 0.1) is 0 Å². The molecule has 2 atom stereocenters. The van der Waals surface area contributed by atoms with Crippen LogP contribution in [-0.2, 0) is 24.1 Å². The Labute approximate surface area is 142 Å². The van der Waals surface area contributed by atoms with E-state index in [4.69, 9.17) is 4.74 Å². The van der Waals surface area contributed by atoms with Crippen molar-refractivity contribution in [3.8, 4) is 5.75 Å². The van der Waals surface area contributed by atoms with Crippen LogP contribution in [0.5, 0.6) is 5.75 Å². The number of nitrogens with one attached hydrogen (secondary N) is 1. The molecule has 0 radical (unpaired) electrons. The highest BCUT2D eigenvalue weighted by molar-refractivity contribution is 5.74. The molecule has 4 heteroatoms. The normalized spacial score (nSPS) is 17.8. The molecule has 1 unspecified atom stereocenters. The molecule has 0 amide bonds. The minimum Gasteiger partial charge on any atom is -0.497 e. The van der Waals surface area contributed by atoms with Crippen molar-refractivity contribution in [2.24, 2.45) is 0 Å². The summed E-state index contributed by atoms with van der Waals surface area (Å²) in [6.07, 6.45) is 3.26. The Morgan fingerprint density at radius 2 is 2.04 bits per heavy atom. The standard InChI is InChI=1S/C20H23NO3/c1-24-18-10-8-15-7-9-17(12-16(15)13-18)21-19(20(22)23)11-14-5-3-2-4-6-14/h2-6,8,10,13,17,19,21H,7,9,11-12H2,1H3,(H,22,23)/t17?,19-/m0/s1. The minimum atomic E-state index is -0.796. The van der Waals surface area contributed by atoms with E-state index in [2.05, 4.69) is 17.4 Å². The van der Waals surface area contributed by atoms with Crippen LogP contribution in [0.1, 0.15) is 23.1 Å². The molecule has 0 aliphatic heterocycles. The smallest absolute Gasteiger partial charge is 0.321 e.